The van der Waals surface area contributed by atoms with E-state index in [1.807, 2.05) is 6.92 Å². The fourth-order valence-corrected chi connectivity index (χ4v) is 2.66. The van der Waals surface area contributed by atoms with Gasteiger partial charge < -0.3 is 4.74 Å². The molecule has 3 atom stereocenters. The molecule has 4 heteroatoms. The first-order chi connectivity index (χ1) is 7.67. The summed E-state index contributed by atoms with van der Waals surface area (Å²) in [5.41, 5.74) is 0. The van der Waals surface area contributed by atoms with Crippen molar-refractivity contribution in [3.05, 3.63) is 0 Å². The maximum Gasteiger partial charge on any atom is 0.235 e. The zero-order valence-corrected chi connectivity index (χ0v) is 9.94. The molecule has 2 fully saturated rings. The Bertz CT molecular complexity index is 303. The van der Waals surface area contributed by atoms with E-state index in [9.17, 15) is 9.59 Å². The Kier molecular flexibility index (Phi) is 3.28. The topological polar surface area (TPSA) is 46.6 Å². The van der Waals surface area contributed by atoms with Crippen molar-refractivity contribution < 1.29 is 14.3 Å². The van der Waals surface area contributed by atoms with Gasteiger partial charge >= 0.3 is 0 Å². The van der Waals surface area contributed by atoms with Crippen LogP contribution in [0.4, 0.5) is 0 Å². The van der Waals surface area contributed by atoms with Gasteiger partial charge in [-0.1, -0.05) is 6.92 Å². The summed E-state index contributed by atoms with van der Waals surface area (Å²) >= 11 is 0. The van der Waals surface area contributed by atoms with E-state index in [0.717, 1.165) is 19.3 Å². The van der Waals surface area contributed by atoms with Gasteiger partial charge in [0.2, 0.25) is 11.8 Å². The second-order valence-electron chi connectivity index (χ2n) is 4.57. The number of carbonyl (C=O) groups is 2. The fraction of sp³-hybridized carbons (Fsp3) is 0.833. The van der Waals surface area contributed by atoms with Crippen molar-refractivity contribution in [1.29, 1.82) is 0 Å². The Hall–Kier alpha value is -0.900. The predicted octanol–water partition coefficient (Wildman–Crippen LogP) is 1.34. The van der Waals surface area contributed by atoms with Crippen LogP contribution in [-0.4, -0.2) is 35.5 Å². The molecule has 2 heterocycles. The molecule has 0 aromatic carbocycles. The zero-order chi connectivity index (χ0) is 11.7. The zero-order valence-electron chi connectivity index (χ0n) is 9.94. The lowest BCUT2D eigenvalue weighted by atomic mass is 9.98. The number of hydrogen-bond acceptors (Lipinski definition) is 3. The van der Waals surface area contributed by atoms with Gasteiger partial charge in [0.05, 0.1) is 18.1 Å². The number of ether oxygens (including phenoxy) is 1. The lowest BCUT2D eigenvalue weighted by Crippen LogP contribution is -2.33. The SMILES string of the molecule is CCC1CCC(C2CC(=O)N(CC)C2=O)O1. The molecule has 2 saturated heterocycles. The van der Waals surface area contributed by atoms with E-state index in [4.69, 9.17) is 4.74 Å². The maximum absolute atomic E-state index is 12.0. The largest absolute Gasteiger partial charge is 0.374 e. The van der Waals surface area contributed by atoms with Gasteiger partial charge in [-0.05, 0) is 26.2 Å². The molecule has 2 aliphatic rings. The van der Waals surface area contributed by atoms with Gasteiger partial charge in [0.25, 0.3) is 0 Å². The van der Waals surface area contributed by atoms with Crippen molar-refractivity contribution in [2.24, 2.45) is 5.92 Å². The molecule has 0 aromatic rings. The molecule has 90 valence electrons. The Morgan fingerprint density at radius 3 is 2.56 bits per heavy atom. The number of hydrogen-bond donors (Lipinski definition) is 0. The van der Waals surface area contributed by atoms with Crippen molar-refractivity contribution in [3.63, 3.8) is 0 Å². The summed E-state index contributed by atoms with van der Waals surface area (Å²) in [6.45, 7) is 4.41. The van der Waals surface area contributed by atoms with Gasteiger partial charge in [-0.15, -0.1) is 0 Å². The molecule has 0 N–H and O–H groups in total. The van der Waals surface area contributed by atoms with Crippen LogP contribution in [0.3, 0.4) is 0 Å². The van der Waals surface area contributed by atoms with Crippen molar-refractivity contribution in [1.82, 2.24) is 4.90 Å². The average molecular weight is 225 g/mol. The van der Waals surface area contributed by atoms with Crippen molar-refractivity contribution >= 4 is 11.8 Å². The van der Waals surface area contributed by atoms with E-state index < -0.39 is 0 Å². The van der Waals surface area contributed by atoms with Gasteiger partial charge in [-0.3, -0.25) is 14.5 Å². The van der Waals surface area contributed by atoms with Crippen LogP contribution in [0.1, 0.15) is 39.5 Å². The third-order valence-corrected chi connectivity index (χ3v) is 3.64. The van der Waals surface area contributed by atoms with Crippen LogP contribution in [-0.2, 0) is 14.3 Å². The first kappa shape index (κ1) is 11.6. The summed E-state index contributed by atoms with van der Waals surface area (Å²) in [4.78, 5) is 24.9. The summed E-state index contributed by atoms with van der Waals surface area (Å²) in [5.74, 6) is -0.292. The number of likely N-dealkylation sites (tertiary alicyclic amines) is 1. The summed E-state index contributed by atoms with van der Waals surface area (Å²) in [7, 11) is 0. The molecule has 0 bridgehead atoms. The van der Waals surface area contributed by atoms with Crippen LogP contribution in [0.15, 0.2) is 0 Å². The normalized spacial score (nSPS) is 35.1. The van der Waals surface area contributed by atoms with Gasteiger partial charge in [-0.2, -0.15) is 0 Å². The maximum atomic E-state index is 12.0. The van der Waals surface area contributed by atoms with E-state index in [0.29, 0.717) is 13.0 Å². The minimum absolute atomic E-state index is 0.0297. The lowest BCUT2D eigenvalue weighted by molar-refractivity contribution is -0.140. The molecule has 3 unspecified atom stereocenters. The van der Waals surface area contributed by atoms with Crippen LogP contribution in [0.2, 0.25) is 0 Å². The molecular formula is C12H19NO3. The third-order valence-electron chi connectivity index (χ3n) is 3.64. The first-order valence-electron chi connectivity index (χ1n) is 6.17. The highest BCUT2D eigenvalue weighted by molar-refractivity contribution is 6.03. The Balaban J connectivity index is 2.02. The molecule has 2 rings (SSSR count). The van der Waals surface area contributed by atoms with Crippen molar-refractivity contribution in [2.75, 3.05) is 6.54 Å². The van der Waals surface area contributed by atoms with Crippen LogP contribution < -0.4 is 0 Å². The Morgan fingerprint density at radius 1 is 1.31 bits per heavy atom. The van der Waals surface area contributed by atoms with Crippen molar-refractivity contribution in [2.45, 2.75) is 51.7 Å². The average Bonchev–Trinajstić information content (AvgIpc) is 2.83. The van der Waals surface area contributed by atoms with Crippen LogP contribution in [0, 0.1) is 5.92 Å². The molecule has 4 nitrogen and oxygen atoms in total. The molecule has 0 saturated carbocycles. The van der Waals surface area contributed by atoms with Crippen LogP contribution >= 0.6 is 0 Å². The smallest absolute Gasteiger partial charge is 0.235 e. The van der Waals surface area contributed by atoms with Gasteiger partial charge in [0.15, 0.2) is 0 Å². The predicted molar refractivity (Wildman–Crippen MR) is 58.7 cm³/mol. The number of nitrogens with zero attached hydrogens (tertiary/aromatic N) is 1. The number of rotatable bonds is 3. The van der Waals surface area contributed by atoms with Crippen LogP contribution in [0.5, 0.6) is 0 Å². The minimum atomic E-state index is -0.219. The highest BCUT2D eigenvalue weighted by Gasteiger charge is 2.44. The summed E-state index contributed by atoms with van der Waals surface area (Å²) in [6.07, 6.45) is 3.52. The molecule has 0 radical (unpaired) electrons. The second-order valence-corrected chi connectivity index (χ2v) is 4.57. The van der Waals surface area contributed by atoms with E-state index in [-0.39, 0.29) is 29.9 Å². The molecule has 0 spiro atoms. The molecule has 16 heavy (non-hydrogen) atoms. The van der Waals surface area contributed by atoms with Crippen molar-refractivity contribution in [3.8, 4) is 0 Å². The standard InChI is InChI=1S/C12H19NO3/c1-3-8-5-6-10(16-8)9-7-11(14)13(4-2)12(9)15/h8-10H,3-7H2,1-2H3. The van der Waals surface area contributed by atoms with E-state index in [1.165, 1.54) is 4.90 Å². The highest BCUT2D eigenvalue weighted by atomic mass is 16.5. The highest BCUT2D eigenvalue weighted by Crippen LogP contribution is 2.33. The summed E-state index contributed by atoms with van der Waals surface area (Å²) in [6, 6.07) is 0. The third kappa shape index (κ3) is 1.86. The molecule has 0 aliphatic carbocycles. The molecule has 2 amide bonds. The summed E-state index contributed by atoms with van der Waals surface area (Å²) < 4.78 is 5.81. The number of carbonyl (C=O) groups excluding carboxylic acids is 2. The number of imide groups is 1. The van der Waals surface area contributed by atoms with Crippen LogP contribution in [0.25, 0.3) is 0 Å². The lowest BCUT2D eigenvalue weighted by Gasteiger charge is -2.18. The molecule has 0 aromatic heterocycles. The van der Waals surface area contributed by atoms with E-state index in [2.05, 4.69) is 6.92 Å². The van der Waals surface area contributed by atoms with Gasteiger partial charge in [0, 0.05) is 13.0 Å². The molecular weight excluding hydrogens is 206 g/mol. The second kappa shape index (κ2) is 4.53. The monoisotopic (exact) mass is 225 g/mol. The van der Waals surface area contributed by atoms with E-state index >= 15 is 0 Å². The van der Waals surface area contributed by atoms with Gasteiger partial charge in [0.1, 0.15) is 0 Å². The van der Waals surface area contributed by atoms with E-state index in [1.54, 1.807) is 0 Å². The first-order valence-corrected chi connectivity index (χ1v) is 6.17. The molecule has 2 aliphatic heterocycles. The minimum Gasteiger partial charge on any atom is -0.374 e. The Morgan fingerprint density at radius 2 is 2.06 bits per heavy atom. The van der Waals surface area contributed by atoms with Gasteiger partial charge in [-0.25, -0.2) is 0 Å². The Labute approximate surface area is 95.9 Å². The quantitative estimate of drug-likeness (QED) is 0.681. The number of amides is 2. The summed E-state index contributed by atoms with van der Waals surface area (Å²) in [5, 5.41) is 0. The fourth-order valence-electron chi connectivity index (χ4n) is 2.66.